The zero-order valence-electron chi connectivity index (χ0n) is 13.0. The Morgan fingerprint density at radius 2 is 1.96 bits per heavy atom. The van der Waals surface area contributed by atoms with E-state index in [1.54, 1.807) is 17.7 Å². The van der Waals surface area contributed by atoms with Gasteiger partial charge in [-0.2, -0.15) is 18.3 Å². The van der Waals surface area contributed by atoms with Crippen LogP contribution in [0, 0.1) is 6.92 Å². The van der Waals surface area contributed by atoms with Crippen LogP contribution in [0.2, 0.25) is 0 Å². The Bertz CT molecular complexity index is 764. The maximum atomic E-state index is 12.5. The molecule has 0 amide bonds. The van der Waals surface area contributed by atoms with Gasteiger partial charge in [-0.05, 0) is 44.2 Å². The van der Waals surface area contributed by atoms with Gasteiger partial charge in [0, 0.05) is 6.54 Å². The second kappa shape index (κ2) is 6.73. The lowest BCUT2D eigenvalue weighted by atomic mass is 10.1. The van der Waals surface area contributed by atoms with Gasteiger partial charge in [0.1, 0.15) is 5.69 Å². The van der Waals surface area contributed by atoms with E-state index in [0.717, 1.165) is 30.0 Å². The first-order valence-electron chi connectivity index (χ1n) is 6.99. The molecule has 128 valence electrons. The molecular weight excluding hydrogens is 325 g/mol. The summed E-state index contributed by atoms with van der Waals surface area (Å²) < 4.78 is 39.0. The van der Waals surface area contributed by atoms with Crippen LogP contribution in [0.5, 0.6) is 0 Å². The number of amidine groups is 1. The molecule has 2 N–H and O–H groups in total. The summed E-state index contributed by atoms with van der Waals surface area (Å²) in [5, 5.41) is 7.70. The third kappa shape index (κ3) is 3.92. The van der Waals surface area contributed by atoms with Crippen molar-refractivity contribution in [2.45, 2.75) is 26.6 Å². The standard InChI is InChI=1S/C15H15F3N4O2/c1-3-22-12(8-9(2)20-22)13(19)21-24-14(23)10-4-6-11(7-5-10)15(16,17)18/h4-8H,3H2,1-2H3,(H2,19,21). The Morgan fingerprint density at radius 1 is 1.33 bits per heavy atom. The monoisotopic (exact) mass is 340 g/mol. The fourth-order valence-electron chi connectivity index (χ4n) is 1.98. The Labute approximate surface area is 135 Å². The van der Waals surface area contributed by atoms with Crippen LogP contribution >= 0.6 is 0 Å². The molecule has 0 spiro atoms. The molecule has 0 atom stereocenters. The zero-order chi connectivity index (χ0) is 17.9. The molecule has 0 unspecified atom stereocenters. The summed E-state index contributed by atoms with van der Waals surface area (Å²) in [7, 11) is 0. The van der Waals surface area contributed by atoms with Gasteiger partial charge in [0.2, 0.25) is 0 Å². The van der Waals surface area contributed by atoms with Gasteiger partial charge in [0.15, 0.2) is 5.84 Å². The van der Waals surface area contributed by atoms with Crippen molar-refractivity contribution in [2.75, 3.05) is 0 Å². The van der Waals surface area contributed by atoms with Crippen LogP contribution in [-0.4, -0.2) is 21.6 Å². The number of aryl methyl sites for hydroxylation is 2. The highest BCUT2D eigenvalue weighted by molar-refractivity contribution is 5.97. The summed E-state index contributed by atoms with van der Waals surface area (Å²) in [6.45, 7) is 4.18. The molecule has 0 aliphatic carbocycles. The molecule has 0 aliphatic rings. The van der Waals surface area contributed by atoms with Crippen molar-refractivity contribution in [2.24, 2.45) is 10.9 Å². The minimum atomic E-state index is -4.47. The van der Waals surface area contributed by atoms with Crippen molar-refractivity contribution < 1.29 is 22.8 Å². The number of hydrogen-bond acceptors (Lipinski definition) is 4. The van der Waals surface area contributed by atoms with Gasteiger partial charge in [-0.1, -0.05) is 5.16 Å². The molecule has 9 heteroatoms. The zero-order valence-corrected chi connectivity index (χ0v) is 13.0. The second-order valence-corrected chi connectivity index (χ2v) is 4.92. The largest absolute Gasteiger partial charge is 0.416 e. The second-order valence-electron chi connectivity index (χ2n) is 4.92. The molecule has 0 radical (unpaired) electrons. The SMILES string of the molecule is CCn1nc(C)cc1/C(N)=N\OC(=O)c1ccc(C(F)(F)F)cc1. The predicted molar refractivity (Wildman–Crippen MR) is 80.2 cm³/mol. The normalized spacial score (nSPS) is 12.3. The Kier molecular flexibility index (Phi) is 4.91. The van der Waals surface area contributed by atoms with E-state index >= 15 is 0 Å². The van der Waals surface area contributed by atoms with Gasteiger partial charge >= 0.3 is 12.1 Å². The van der Waals surface area contributed by atoms with Crippen molar-refractivity contribution in [3.8, 4) is 0 Å². The minimum Gasteiger partial charge on any atom is -0.379 e. The van der Waals surface area contributed by atoms with E-state index in [9.17, 15) is 18.0 Å². The molecule has 0 saturated heterocycles. The Balaban J connectivity index is 2.11. The third-order valence-corrected chi connectivity index (χ3v) is 3.14. The number of hydrogen-bond donors (Lipinski definition) is 1. The highest BCUT2D eigenvalue weighted by atomic mass is 19.4. The van der Waals surface area contributed by atoms with E-state index in [1.807, 2.05) is 6.92 Å². The summed E-state index contributed by atoms with van der Waals surface area (Å²) in [5.41, 5.74) is 6.03. The number of aromatic nitrogens is 2. The summed E-state index contributed by atoms with van der Waals surface area (Å²) in [4.78, 5) is 16.5. The average Bonchev–Trinajstić information content (AvgIpc) is 2.92. The minimum absolute atomic E-state index is 0.0577. The van der Waals surface area contributed by atoms with Gasteiger partial charge in [0.25, 0.3) is 0 Å². The van der Waals surface area contributed by atoms with Crippen molar-refractivity contribution in [1.82, 2.24) is 9.78 Å². The molecule has 6 nitrogen and oxygen atoms in total. The van der Waals surface area contributed by atoms with E-state index in [-0.39, 0.29) is 11.4 Å². The van der Waals surface area contributed by atoms with Crippen LogP contribution in [0.1, 0.15) is 34.2 Å². The highest BCUT2D eigenvalue weighted by Crippen LogP contribution is 2.29. The molecular formula is C15H15F3N4O2. The number of halogens is 3. The molecule has 0 bridgehead atoms. The molecule has 2 aromatic rings. The molecule has 1 aromatic heterocycles. The van der Waals surface area contributed by atoms with Crippen molar-refractivity contribution in [3.63, 3.8) is 0 Å². The molecule has 0 saturated carbocycles. The van der Waals surface area contributed by atoms with Crippen LogP contribution in [0.25, 0.3) is 0 Å². The first-order valence-corrected chi connectivity index (χ1v) is 6.99. The van der Waals surface area contributed by atoms with E-state index in [4.69, 9.17) is 5.73 Å². The lowest BCUT2D eigenvalue weighted by molar-refractivity contribution is -0.137. The van der Waals surface area contributed by atoms with Crippen LogP contribution in [0.4, 0.5) is 13.2 Å². The number of alkyl halides is 3. The number of carbonyl (C=O) groups excluding carboxylic acids is 1. The first kappa shape index (κ1) is 17.5. The average molecular weight is 340 g/mol. The molecule has 1 aromatic carbocycles. The fraction of sp³-hybridized carbons (Fsp3) is 0.267. The highest BCUT2D eigenvalue weighted by Gasteiger charge is 2.30. The fourth-order valence-corrected chi connectivity index (χ4v) is 1.98. The lowest BCUT2D eigenvalue weighted by Gasteiger charge is -2.06. The number of rotatable bonds is 4. The molecule has 0 aliphatic heterocycles. The molecule has 1 heterocycles. The molecule has 0 fully saturated rings. The number of carbonyl (C=O) groups is 1. The maximum Gasteiger partial charge on any atom is 0.416 e. The van der Waals surface area contributed by atoms with Crippen molar-refractivity contribution >= 4 is 11.8 Å². The molecule has 24 heavy (non-hydrogen) atoms. The van der Waals surface area contributed by atoms with E-state index in [0.29, 0.717) is 12.2 Å². The lowest BCUT2D eigenvalue weighted by Crippen LogP contribution is -2.20. The van der Waals surface area contributed by atoms with Crippen LogP contribution in [0.15, 0.2) is 35.5 Å². The van der Waals surface area contributed by atoms with Crippen molar-refractivity contribution in [1.29, 1.82) is 0 Å². The van der Waals surface area contributed by atoms with Crippen LogP contribution in [-0.2, 0) is 17.6 Å². The van der Waals surface area contributed by atoms with Gasteiger partial charge in [-0.15, -0.1) is 0 Å². The van der Waals surface area contributed by atoms with Crippen molar-refractivity contribution in [3.05, 3.63) is 52.8 Å². The van der Waals surface area contributed by atoms with E-state index in [2.05, 4.69) is 15.1 Å². The summed E-state index contributed by atoms with van der Waals surface area (Å²) in [6, 6.07) is 5.28. The quantitative estimate of drug-likeness (QED) is 0.401. The summed E-state index contributed by atoms with van der Waals surface area (Å²) >= 11 is 0. The Morgan fingerprint density at radius 3 is 2.50 bits per heavy atom. The van der Waals surface area contributed by atoms with Gasteiger partial charge in [-0.25, -0.2) is 4.79 Å². The molecule has 2 rings (SSSR count). The topological polar surface area (TPSA) is 82.5 Å². The maximum absolute atomic E-state index is 12.5. The number of nitrogens with two attached hydrogens (primary N) is 1. The van der Waals surface area contributed by atoms with Crippen LogP contribution in [0.3, 0.4) is 0 Å². The van der Waals surface area contributed by atoms with Gasteiger partial charge in [0.05, 0.1) is 16.8 Å². The number of benzene rings is 1. The summed E-state index contributed by atoms with van der Waals surface area (Å²) in [6.07, 6.45) is -4.47. The first-order chi connectivity index (χ1) is 11.2. The van der Waals surface area contributed by atoms with Crippen LogP contribution < -0.4 is 5.73 Å². The third-order valence-electron chi connectivity index (χ3n) is 3.14. The summed E-state index contributed by atoms with van der Waals surface area (Å²) in [5.74, 6) is -0.969. The van der Waals surface area contributed by atoms with Gasteiger partial charge < -0.3 is 10.6 Å². The number of oxime groups is 1. The Hall–Kier alpha value is -2.84. The smallest absolute Gasteiger partial charge is 0.379 e. The predicted octanol–water partition coefficient (Wildman–Crippen LogP) is 2.71. The van der Waals surface area contributed by atoms with E-state index < -0.39 is 17.7 Å². The van der Waals surface area contributed by atoms with Gasteiger partial charge in [-0.3, -0.25) is 4.68 Å². The number of nitrogens with zero attached hydrogens (tertiary/aromatic N) is 3. The van der Waals surface area contributed by atoms with E-state index in [1.165, 1.54) is 0 Å².